The van der Waals surface area contributed by atoms with Crippen LogP contribution in [0, 0.1) is 10.1 Å². The summed E-state index contributed by atoms with van der Waals surface area (Å²) in [4.78, 5) is 41.5. The van der Waals surface area contributed by atoms with Gasteiger partial charge in [0.15, 0.2) is 0 Å². The lowest BCUT2D eigenvalue weighted by molar-refractivity contribution is -0.384. The molecule has 146 valence electrons. The quantitative estimate of drug-likeness (QED) is 0.400. The fourth-order valence-corrected chi connectivity index (χ4v) is 3.66. The third kappa shape index (κ3) is 3.07. The van der Waals surface area contributed by atoms with Gasteiger partial charge in [0.25, 0.3) is 11.6 Å². The number of nitrogens with zero attached hydrogens (tertiary/aromatic N) is 3. The van der Waals surface area contributed by atoms with Gasteiger partial charge in [-0.3, -0.25) is 24.8 Å². The number of halogens is 1. The van der Waals surface area contributed by atoms with Crippen LogP contribution in [0.15, 0.2) is 54.7 Å². The highest BCUT2D eigenvalue weighted by Gasteiger charge is 2.49. The standard InChI is InChI=1S/C20H15ClN4O4/c1-20(13-5-7-14(8-6-13)25(28)29)18(26)24(19(27)23-20)11-12-4-9-16(21)15-3-2-10-22-17(12)15/h2-10H,11H2,1H3,(H,23,27). The molecule has 8 nitrogen and oxygen atoms in total. The molecule has 1 saturated heterocycles. The molecule has 3 amide bonds. The number of urea groups is 1. The van der Waals surface area contributed by atoms with E-state index in [0.29, 0.717) is 21.7 Å². The van der Waals surface area contributed by atoms with E-state index in [1.165, 1.54) is 24.3 Å². The number of nitro groups is 1. The molecule has 0 spiro atoms. The number of fused-ring (bicyclic) bond motifs is 1. The van der Waals surface area contributed by atoms with E-state index in [1.54, 1.807) is 31.3 Å². The van der Waals surface area contributed by atoms with Crippen LogP contribution >= 0.6 is 11.6 Å². The highest BCUT2D eigenvalue weighted by Crippen LogP contribution is 2.32. The molecule has 0 radical (unpaired) electrons. The molecule has 1 aromatic heterocycles. The minimum atomic E-state index is -1.32. The van der Waals surface area contributed by atoms with Gasteiger partial charge in [0.2, 0.25) is 0 Å². The van der Waals surface area contributed by atoms with Crippen LogP contribution in [0.1, 0.15) is 18.1 Å². The summed E-state index contributed by atoms with van der Waals surface area (Å²) < 4.78 is 0. The highest BCUT2D eigenvalue weighted by atomic mass is 35.5. The van der Waals surface area contributed by atoms with Crippen LogP contribution in [0.2, 0.25) is 5.02 Å². The summed E-state index contributed by atoms with van der Waals surface area (Å²) in [6.45, 7) is 1.60. The average Bonchev–Trinajstić information content (AvgIpc) is 2.94. The Kier molecular flexibility index (Phi) is 4.43. The summed E-state index contributed by atoms with van der Waals surface area (Å²) in [6.07, 6.45) is 1.62. The molecule has 1 N–H and O–H groups in total. The maximum Gasteiger partial charge on any atom is 0.325 e. The Labute approximate surface area is 170 Å². The van der Waals surface area contributed by atoms with Crippen LogP contribution in [0.4, 0.5) is 10.5 Å². The highest BCUT2D eigenvalue weighted by molar-refractivity contribution is 6.35. The van der Waals surface area contributed by atoms with Gasteiger partial charge in [0, 0.05) is 28.7 Å². The molecule has 0 bridgehead atoms. The Balaban J connectivity index is 1.67. The molecule has 1 fully saturated rings. The number of rotatable bonds is 4. The van der Waals surface area contributed by atoms with Crippen molar-refractivity contribution >= 4 is 40.1 Å². The van der Waals surface area contributed by atoms with Crippen LogP contribution in [0.5, 0.6) is 0 Å². The van der Waals surface area contributed by atoms with Crippen LogP contribution in [-0.4, -0.2) is 26.7 Å². The van der Waals surface area contributed by atoms with Crippen molar-refractivity contribution in [3.8, 4) is 0 Å². The van der Waals surface area contributed by atoms with E-state index in [-0.39, 0.29) is 12.2 Å². The number of amides is 3. The van der Waals surface area contributed by atoms with Gasteiger partial charge in [0.1, 0.15) is 5.54 Å². The molecule has 1 unspecified atom stereocenters. The molecule has 2 heterocycles. The van der Waals surface area contributed by atoms with Crippen molar-refractivity contribution in [2.24, 2.45) is 0 Å². The van der Waals surface area contributed by atoms with Crippen LogP contribution in [-0.2, 0) is 16.9 Å². The maximum atomic E-state index is 13.1. The number of hydrogen-bond donors (Lipinski definition) is 1. The molecule has 9 heteroatoms. The number of carbonyl (C=O) groups is 2. The second kappa shape index (κ2) is 6.82. The average molecular weight is 411 g/mol. The summed E-state index contributed by atoms with van der Waals surface area (Å²) in [5.74, 6) is -0.449. The Morgan fingerprint density at radius 1 is 1.17 bits per heavy atom. The zero-order chi connectivity index (χ0) is 20.8. The Hall–Kier alpha value is -3.52. The van der Waals surface area contributed by atoms with Crippen LogP contribution in [0.3, 0.4) is 0 Å². The second-order valence-electron chi connectivity index (χ2n) is 6.86. The third-order valence-electron chi connectivity index (χ3n) is 5.06. The number of non-ortho nitro benzene ring substituents is 1. The van der Waals surface area contributed by atoms with Crippen molar-refractivity contribution in [2.75, 3.05) is 0 Å². The molecule has 0 aliphatic carbocycles. The number of imide groups is 1. The Bertz CT molecular complexity index is 1160. The molecular weight excluding hydrogens is 396 g/mol. The smallest absolute Gasteiger partial charge is 0.319 e. The predicted molar refractivity (Wildman–Crippen MR) is 106 cm³/mol. The van der Waals surface area contributed by atoms with Crippen molar-refractivity contribution in [3.05, 3.63) is 81.0 Å². The number of carbonyl (C=O) groups excluding carboxylic acids is 2. The van der Waals surface area contributed by atoms with Gasteiger partial charge >= 0.3 is 6.03 Å². The summed E-state index contributed by atoms with van der Waals surface area (Å²) in [5, 5.41) is 14.8. The van der Waals surface area contributed by atoms with Gasteiger partial charge < -0.3 is 5.32 Å². The number of pyridine rings is 1. The molecule has 1 atom stereocenters. The first-order chi connectivity index (χ1) is 13.8. The zero-order valence-electron chi connectivity index (χ0n) is 15.3. The third-order valence-corrected chi connectivity index (χ3v) is 5.39. The van der Waals surface area contributed by atoms with Crippen LogP contribution < -0.4 is 5.32 Å². The first-order valence-electron chi connectivity index (χ1n) is 8.72. The van der Waals surface area contributed by atoms with Crippen molar-refractivity contribution < 1.29 is 14.5 Å². The van der Waals surface area contributed by atoms with Gasteiger partial charge in [0.05, 0.1) is 17.0 Å². The second-order valence-corrected chi connectivity index (χ2v) is 7.26. The van der Waals surface area contributed by atoms with Crippen molar-refractivity contribution in [1.82, 2.24) is 15.2 Å². The van der Waals surface area contributed by atoms with E-state index in [1.807, 2.05) is 6.07 Å². The lowest BCUT2D eigenvalue weighted by Gasteiger charge is -2.22. The normalized spacial score (nSPS) is 18.9. The summed E-state index contributed by atoms with van der Waals surface area (Å²) >= 11 is 6.22. The van der Waals surface area contributed by atoms with Gasteiger partial charge in [-0.05, 0) is 48.4 Å². The number of hydrogen-bond acceptors (Lipinski definition) is 5. The van der Waals surface area contributed by atoms with E-state index in [0.717, 1.165) is 10.3 Å². The Morgan fingerprint density at radius 3 is 2.59 bits per heavy atom. The van der Waals surface area contributed by atoms with E-state index in [4.69, 9.17) is 11.6 Å². The fourth-order valence-electron chi connectivity index (χ4n) is 3.45. The lowest BCUT2D eigenvalue weighted by atomic mass is 9.92. The number of nitro benzene ring substituents is 1. The summed E-state index contributed by atoms with van der Waals surface area (Å²) in [6, 6.07) is 12.0. The van der Waals surface area contributed by atoms with Crippen LogP contribution in [0.25, 0.3) is 10.9 Å². The first kappa shape index (κ1) is 18.8. The van der Waals surface area contributed by atoms with E-state index < -0.39 is 22.4 Å². The summed E-state index contributed by atoms with van der Waals surface area (Å²) in [7, 11) is 0. The lowest BCUT2D eigenvalue weighted by Crippen LogP contribution is -2.40. The molecule has 1 aliphatic heterocycles. The fraction of sp³-hybridized carbons (Fsp3) is 0.150. The molecule has 3 aromatic rings. The Morgan fingerprint density at radius 2 is 1.90 bits per heavy atom. The SMILES string of the molecule is CC1(c2ccc([N+](=O)[O-])cc2)NC(=O)N(Cc2ccc(Cl)c3cccnc23)C1=O. The zero-order valence-corrected chi connectivity index (χ0v) is 16.0. The minimum absolute atomic E-state index is 0.0257. The number of benzene rings is 2. The molecule has 1 aliphatic rings. The predicted octanol–water partition coefficient (Wildman–Crippen LogP) is 3.76. The van der Waals surface area contributed by atoms with Gasteiger partial charge in [-0.1, -0.05) is 17.7 Å². The van der Waals surface area contributed by atoms with Gasteiger partial charge in [-0.15, -0.1) is 0 Å². The molecule has 0 saturated carbocycles. The maximum absolute atomic E-state index is 13.1. The van der Waals surface area contributed by atoms with Gasteiger partial charge in [-0.25, -0.2) is 4.79 Å². The van der Waals surface area contributed by atoms with Crippen molar-refractivity contribution in [1.29, 1.82) is 0 Å². The largest absolute Gasteiger partial charge is 0.325 e. The monoisotopic (exact) mass is 410 g/mol. The van der Waals surface area contributed by atoms with E-state index in [2.05, 4.69) is 10.3 Å². The first-order valence-corrected chi connectivity index (χ1v) is 9.10. The van der Waals surface area contributed by atoms with Crippen molar-refractivity contribution in [3.63, 3.8) is 0 Å². The minimum Gasteiger partial charge on any atom is -0.319 e. The number of nitrogens with one attached hydrogen (secondary N) is 1. The molecule has 29 heavy (non-hydrogen) atoms. The molecule has 2 aromatic carbocycles. The topological polar surface area (TPSA) is 105 Å². The number of aromatic nitrogens is 1. The van der Waals surface area contributed by atoms with Crippen molar-refractivity contribution in [2.45, 2.75) is 19.0 Å². The van der Waals surface area contributed by atoms with E-state index in [9.17, 15) is 19.7 Å². The van der Waals surface area contributed by atoms with Gasteiger partial charge in [-0.2, -0.15) is 0 Å². The van der Waals surface area contributed by atoms with E-state index >= 15 is 0 Å². The molecule has 4 rings (SSSR count). The molecular formula is C20H15ClN4O4. The summed E-state index contributed by atoms with van der Waals surface area (Å²) in [5.41, 5.74) is 0.348.